The average Bonchev–Trinajstić information content (AvgIpc) is 2.33. The zero-order valence-corrected chi connectivity index (χ0v) is 11.2. The Morgan fingerprint density at radius 2 is 2.06 bits per heavy atom. The highest BCUT2D eigenvalue weighted by Crippen LogP contribution is 2.21. The molecule has 0 amide bonds. The minimum Gasteiger partial charge on any atom is -0.468 e. The van der Waals surface area contributed by atoms with Gasteiger partial charge in [-0.1, -0.05) is 30.3 Å². The third-order valence-corrected chi connectivity index (χ3v) is 3.05. The van der Waals surface area contributed by atoms with Gasteiger partial charge in [0.25, 0.3) is 0 Å². The minimum absolute atomic E-state index is 0. The first-order valence-corrected chi connectivity index (χ1v) is 5.72. The van der Waals surface area contributed by atoms with E-state index in [0.29, 0.717) is 13.2 Å². The zero-order valence-electron chi connectivity index (χ0n) is 10.3. The maximum absolute atomic E-state index is 11.6. The highest BCUT2D eigenvalue weighted by atomic mass is 35.5. The van der Waals surface area contributed by atoms with Crippen molar-refractivity contribution in [3.63, 3.8) is 0 Å². The molecule has 1 atom stereocenters. The highest BCUT2D eigenvalue weighted by molar-refractivity contribution is 5.85. The molecule has 1 fully saturated rings. The molecule has 2 rings (SSSR count). The van der Waals surface area contributed by atoms with Crippen molar-refractivity contribution < 1.29 is 14.3 Å². The Morgan fingerprint density at radius 3 is 2.56 bits per heavy atom. The fourth-order valence-electron chi connectivity index (χ4n) is 1.90. The van der Waals surface area contributed by atoms with E-state index in [2.05, 4.69) is 5.32 Å². The van der Waals surface area contributed by atoms with Crippen molar-refractivity contribution in [2.24, 2.45) is 0 Å². The molecular weight excluding hydrogens is 254 g/mol. The van der Waals surface area contributed by atoms with Crippen LogP contribution in [0.1, 0.15) is 12.0 Å². The molecular formula is C13H18ClNO3. The molecule has 4 nitrogen and oxygen atoms in total. The maximum Gasteiger partial charge on any atom is 0.328 e. The molecule has 1 unspecified atom stereocenters. The van der Waals surface area contributed by atoms with Gasteiger partial charge in [0, 0.05) is 0 Å². The third-order valence-electron chi connectivity index (χ3n) is 3.05. The molecule has 0 aliphatic carbocycles. The molecule has 0 saturated carbocycles. The van der Waals surface area contributed by atoms with Crippen molar-refractivity contribution in [3.8, 4) is 0 Å². The molecule has 0 aromatic heterocycles. The lowest BCUT2D eigenvalue weighted by atomic mass is 9.89. The number of hydrogen-bond donors (Lipinski definition) is 1. The first-order valence-electron chi connectivity index (χ1n) is 5.72. The van der Waals surface area contributed by atoms with Crippen LogP contribution in [0.3, 0.4) is 0 Å². The summed E-state index contributed by atoms with van der Waals surface area (Å²) in [6.45, 7) is 1.71. The second-order valence-electron chi connectivity index (χ2n) is 4.23. The van der Waals surface area contributed by atoms with E-state index in [4.69, 9.17) is 9.47 Å². The van der Waals surface area contributed by atoms with E-state index < -0.39 is 5.54 Å². The Bertz CT molecular complexity index is 379. The maximum atomic E-state index is 11.6. The van der Waals surface area contributed by atoms with Gasteiger partial charge in [0.05, 0.1) is 20.3 Å². The summed E-state index contributed by atoms with van der Waals surface area (Å²) in [6.07, 6.45) is 0.772. The lowest BCUT2D eigenvalue weighted by molar-refractivity contribution is -0.156. The van der Waals surface area contributed by atoms with Crippen LogP contribution in [0, 0.1) is 0 Å². The molecule has 1 saturated heterocycles. The van der Waals surface area contributed by atoms with Crippen LogP contribution in [0.15, 0.2) is 30.3 Å². The summed E-state index contributed by atoms with van der Waals surface area (Å²) in [6, 6.07) is 9.90. The zero-order chi connectivity index (χ0) is 12.1. The molecule has 1 aromatic rings. The van der Waals surface area contributed by atoms with Gasteiger partial charge in [0.1, 0.15) is 5.54 Å². The molecule has 5 heteroatoms. The van der Waals surface area contributed by atoms with Crippen LogP contribution in [0.25, 0.3) is 0 Å². The summed E-state index contributed by atoms with van der Waals surface area (Å²) in [5.41, 5.74) is 0.482. The van der Waals surface area contributed by atoms with E-state index in [0.717, 1.165) is 18.5 Å². The lowest BCUT2D eigenvalue weighted by Crippen LogP contribution is -2.65. The number of methoxy groups -OCH3 is 1. The van der Waals surface area contributed by atoms with E-state index in [1.807, 2.05) is 30.3 Å². The van der Waals surface area contributed by atoms with Gasteiger partial charge in [-0.2, -0.15) is 0 Å². The molecule has 0 radical (unpaired) electrons. The van der Waals surface area contributed by atoms with Gasteiger partial charge >= 0.3 is 5.97 Å². The van der Waals surface area contributed by atoms with Crippen LogP contribution >= 0.6 is 12.4 Å². The summed E-state index contributed by atoms with van der Waals surface area (Å²) in [7, 11) is 1.40. The van der Waals surface area contributed by atoms with Gasteiger partial charge in [0.2, 0.25) is 0 Å². The van der Waals surface area contributed by atoms with Crippen LogP contribution in [0.5, 0.6) is 0 Å². The predicted octanol–water partition coefficient (Wildman–Crippen LogP) is 1.53. The van der Waals surface area contributed by atoms with Crippen LogP contribution in [0.2, 0.25) is 0 Å². The van der Waals surface area contributed by atoms with Gasteiger partial charge in [-0.3, -0.25) is 5.32 Å². The molecule has 1 N–H and O–H groups in total. The average molecular weight is 272 g/mol. The van der Waals surface area contributed by atoms with E-state index in [9.17, 15) is 4.79 Å². The van der Waals surface area contributed by atoms with Crippen molar-refractivity contribution in [3.05, 3.63) is 35.9 Å². The number of halogens is 1. The Labute approximate surface area is 113 Å². The number of ether oxygens (including phenoxy) is 2. The molecule has 100 valence electrons. The normalized spacial score (nSPS) is 21.6. The Morgan fingerprint density at radius 1 is 1.39 bits per heavy atom. The second kappa shape index (κ2) is 6.73. The van der Waals surface area contributed by atoms with E-state index in [-0.39, 0.29) is 18.4 Å². The van der Waals surface area contributed by atoms with Gasteiger partial charge in [-0.25, -0.2) is 4.79 Å². The summed E-state index contributed by atoms with van der Waals surface area (Å²) in [5, 5.41) is 3.10. The van der Waals surface area contributed by atoms with Gasteiger partial charge in [0.15, 0.2) is 0 Å². The summed E-state index contributed by atoms with van der Waals surface area (Å²) in [4.78, 5) is 11.6. The molecule has 0 bridgehead atoms. The number of carbonyl (C=O) groups is 1. The van der Waals surface area contributed by atoms with Crippen molar-refractivity contribution in [2.45, 2.75) is 18.6 Å². The monoisotopic (exact) mass is 271 g/mol. The van der Waals surface area contributed by atoms with Crippen molar-refractivity contribution in [1.29, 1.82) is 0 Å². The second-order valence-corrected chi connectivity index (χ2v) is 4.23. The number of hydrogen-bond acceptors (Lipinski definition) is 4. The molecule has 0 spiro atoms. The third kappa shape index (κ3) is 3.22. The van der Waals surface area contributed by atoms with E-state index in [1.165, 1.54) is 7.11 Å². The van der Waals surface area contributed by atoms with E-state index >= 15 is 0 Å². The summed E-state index contributed by atoms with van der Waals surface area (Å²) >= 11 is 0. The lowest BCUT2D eigenvalue weighted by Gasteiger charge is -2.39. The Balaban J connectivity index is 0.00000162. The number of esters is 1. The fraction of sp³-hybridized carbons (Fsp3) is 0.462. The fourth-order valence-corrected chi connectivity index (χ4v) is 1.90. The smallest absolute Gasteiger partial charge is 0.328 e. The quantitative estimate of drug-likeness (QED) is 0.825. The van der Waals surface area contributed by atoms with Crippen LogP contribution in [-0.4, -0.2) is 31.8 Å². The summed E-state index contributed by atoms with van der Waals surface area (Å²) < 4.78 is 10.4. The topological polar surface area (TPSA) is 47.6 Å². The van der Waals surface area contributed by atoms with Crippen LogP contribution < -0.4 is 5.32 Å². The molecule has 18 heavy (non-hydrogen) atoms. The summed E-state index contributed by atoms with van der Waals surface area (Å²) in [5.74, 6) is -0.239. The molecule has 1 aromatic carbocycles. The van der Waals surface area contributed by atoms with Gasteiger partial charge in [-0.05, 0) is 18.5 Å². The molecule has 1 aliphatic heterocycles. The number of rotatable bonds is 5. The first-order chi connectivity index (χ1) is 8.27. The van der Waals surface area contributed by atoms with Gasteiger partial charge in [-0.15, -0.1) is 12.4 Å². The van der Waals surface area contributed by atoms with Crippen molar-refractivity contribution >= 4 is 18.4 Å². The molecule has 1 heterocycles. The van der Waals surface area contributed by atoms with Crippen LogP contribution in [-0.2, 0) is 20.9 Å². The molecule has 1 aliphatic rings. The highest BCUT2D eigenvalue weighted by Gasteiger charge is 2.45. The van der Waals surface area contributed by atoms with Crippen molar-refractivity contribution in [2.75, 3.05) is 20.3 Å². The number of carbonyl (C=O) groups excluding carboxylic acids is 1. The SMILES string of the molecule is COC(=O)C1(COCc2ccccc2)CCN1.Cl. The number of nitrogens with one attached hydrogen (secondary N) is 1. The number of benzene rings is 1. The van der Waals surface area contributed by atoms with Gasteiger partial charge < -0.3 is 9.47 Å². The van der Waals surface area contributed by atoms with Crippen LogP contribution in [0.4, 0.5) is 0 Å². The predicted molar refractivity (Wildman–Crippen MR) is 70.7 cm³/mol. The largest absolute Gasteiger partial charge is 0.468 e. The minimum atomic E-state index is -0.621. The Kier molecular flexibility index (Phi) is 5.59. The first kappa shape index (κ1) is 15.0. The van der Waals surface area contributed by atoms with E-state index in [1.54, 1.807) is 0 Å². The standard InChI is InChI=1S/C13H17NO3.ClH/c1-16-12(15)13(7-8-14-13)10-17-9-11-5-3-2-4-6-11;/h2-6,14H,7-10H2,1H3;1H. The Hall–Kier alpha value is -1.10. The van der Waals surface area contributed by atoms with Crippen molar-refractivity contribution in [1.82, 2.24) is 5.32 Å².